The third-order valence-electron chi connectivity index (χ3n) is 5.82. The van der Waals surface area contributed by atoms with Crippen LogP contribution in [0, 0.1) is 6.92 Å². The minimum Gasteiger partial charge on any atom is -0.376 e. The highest BCUT2D eigenvalue weighted by Gasteiger charge is 2.31. The van der Waals surface area contributed by atoms with E-state index in [-0.39, 0.29) is 12.1 Å². The summed E-state index contributed by atoms with van der Waals surface area (Å²) in [6, 6.07) is 8.88. The summed E-state index contributed by atoms with van der Waals surface area (Å²) in [5.74, 6) is 0.930. The van der Waals surface area contributed by atoms with Gasteiger partial charge in [-0.05, 0) is 42.3 Å². The van der Waals surface area contributed by atoms with E-state index >= 15 is 0 Å². The Morgan fingerprint density at radius 2 is 1.93 bits per heavy atom. The average Bonchev–Trinajstić information content (AvgIpc) is 3.37. The summed E-state index contributed by atoms with van der Waals surface area (Å²) in [5.41, 5.74) is 2.53. The molecule has 0 amide bonds. The molecule has 7 heteroatoms. The number of nitrogens with zero attached hydrogens (tertiary/aromatic N) is 6. The number of aromatic nitrogens is 4. The van der Waals surface area contributed by atoms with Crippen LogP contribution in [0.5, 0.6) is 0 Å². The fourth-order valence-corrected chi connectivity index (χ4v) is 4.13. The smallest absolute Gasteiger partial charge is 0.173 e. The van der Waals surface area contributed by atoms with E-state index < -0.39 is 0 Å². The van der Waals surface area contributed by atoms with Gasteiger partial charge in [0.2, 0.25) is 0 Å². The molecule has 2 aromatic rings. The van der Waals surface area contributed by atoms with Crippen molar-refractivity contribution in [3.63, 3.8) is 0 Å². The van der Waals surface area contributed by atoms with Crippen LogP contribution >= 0.6 is 0 Å². The van der Waals surface area contributed by atoms with Crippen LogP contribution in [0.4, 0.5) is 0 Å². The van der Waals surface area contributed by atoms with Crippen molar-refractivity contribution in [2.75, 3.05) is 39.3 Å². The molecule has 2 fully saturated rings. The second kappa shape index (κ2) is 8.46. The highest BCUT2D eigenvalue weighted by atomic mass is 16.5. The number of rotatable bonds is 6. The van der Waals surface area contributed by atoms with Gasteiger partial charge in [0.15, 0.2) is 5.82 Å². The van der Waals surface area contributed by atoms with Crippen LogP contribution in [0.25, 0.3) is 0 Å². The molecule has 7 nitrogen and oxygen atoms in total. The number of ether oxygens (including phenoxy) is 1. The molecule has 0 saturated carbocycles. The van der Waals surface area contributed by atoms with Gasteiger partial charge >= 0.3 is 0 Å². The van der Waals surface area contributed by atoms with Crippen LogP contribution in [-0.2, 0) is 11.3 Å². The molecule has 0 N–H and O–H groups in total. The molecule has 4 rings (SSSR count). The van der Waals surface area contributed by atoms with Crippen LogP contribution in [0.2, 0.25) is 0 Å². The molecule has 0 unspecified atom stereocenters. The number of piperazine rings is 1. The van der Waals surface area contributed by atoms with Crippen LogP contribution < -0.4 is 0 Å². The maximum Gasteiger partial charge on any atom is 0.173 e. The molecule has 2 aliphatic heterocycles. The van der Waals surface area contributed by atoms with Gasteiger partial charge in [0.1, 0.15) is 0 Å². The first-order valence-electron chi connectivity index (χ1n) is 10.1. The zero-order valence-corrected chi connectivity index (χ0v) is 16.4. The van der Waals surface area contributed by atoms with Gasteiger partial charge in [0.25, 0.3) is 0 Å². The lowest BCUT2D eigenvalue weighted by molar-refractivity contribution is 0.0861. The third kappa shape index (κ3) is 4.20. The number of tetrazole rings is 1. The van der Waals surface area contributed by atoms with Gasteiger partial charge in [-0.2, -0.15) is 0 Å². The van der Waals surface area contributed by atoms with E-state index in [0.717, 1.165) is 64.5 Å². The number of aryl methyl sites for hydroxylation is 1. The largest absolute Gasteiger partial charge is 0.376 e. The summed E-state index contributed by atoms with van der Waals surface area (Å²) >= 11 is 0. The van der Waals surface area contributed by atoms with E-state index in [4.69, 9.17) is 4.74 Å². The molecule has 1 aromatic carbocycles. The topological polar surface area (TPSA) is 59.3 Å². The maximum absolute atomic E-state index is 5.82. The van der Waals surface area contributed by atoms with E-state index in [0.29, 0.717) is 0 Å². The van der Waals surface area contributed by atoms with E-state index in [1.165, 1.54) is 11.1 Å². The number of likely N-dealkylation sites (N-methyl/N-ethyl adjacent to an activating group) is 1. The highest BCUT2D eigenvalue weighted by molar-refractivity contribution is 5.28. The van der Waals surface area contributed by atoms with Gasteiger partial charge in [0, 0.05) is 32.8 Å². The Balaban J connectivity index is 1.62. The Kier molecular flexibility index (Phi) is 5.80. The SMILES string of the molecule is CCN1CCN([C@H](c2ccc(C)cc2)c2nnnn2C[C@H]2CCCO2)CC1. The number of hydrogen-bond donors (Lipinski definition) is 0. The fourth-order valence-electron chi connectivity index (χ4n) is 4.13. The fraction of sp³-hybridized carbons (Fsp3) is 0.650. The lowest BCUT2D eigenvalue weighted by Gasteiger charge is -2.38. The lowest BCUT2D eigenvalue weighted by Crippen LogP contribution is -2.48. The summed E-state index contributed by atoms with van der Waals surface area (Å²) < 4.78 is 7.78. The molecule has 1 aromatic heterocycles. The van der Waals surface area contributed by atoms with Crippen LogP contribution in [0.3, 0.4) is 0 Å². The van der Waals surface area contributed by atoms with Crippen molar-refractivity contribution in [3.05, 3.63) is 41.2 Å². The molecule has 2 atom stereocenters. The first-order valence-corrected chi connectivity index (χ1v) is 10.1. The van der Waals surface area contributed by atoms with Crippen molar-refractivity contribution in [3.8, 4) is 0 Å². The van der Waals surface area contributed by atoms with Crippen LogP contribution in [-0.4, -0.2) is 75.4 Å². The van der Waals surface area contributed by atoms with Gasteiger partial charge in [-0.3, -0.25) is 4.90 Å². The zero-order chi connectivity index (χ0) is 18.6. The van der Waals surface area contributed by atoms with Gasteiger partial charge in [-0.1, -0.05) is 36.8 Å². The Hall–Kier alpha value is -1.83. The third-order valence-corrected chi connectivity index (χ3v) is 5.82. The summed E-state index contributed by atoms with van der Waals surface area (Å²) in [7, 11) is 0. The summed E-state index contributed by atoms with van der Waals surface area (Å²) in [6.07, 6.45) is 2.44. The summed E-state index contributed by atoms with van der Waals surface area (Å²) in [4.78, 5) is 5.02. The van der Waals surface area contributed by atoms with Crippen molar-refractivity contribution >= 4 is 0 Å². The number of hydrogen-bond acceptors (Lipinski definition) is 6. The molecule has 0 aliphatic carbocycles. The summed E-state index contributed by atoms with van der Waals surface area (Å²) in [5, 5.41) is 12.8. The zero-order valence-electron chi connectivity index (χ0n) is 16.4. The first kappa shape index (κ1) is 18.5. The summed E-state index contributed by atoms with van der Waals surface area (Å²) in [6.45, 7) is 11.3. The molecular formula is C20H30N6O. The predicted octanol–water partition coefficient (Wildman–Crippen LogP) is 1.89. The molecule has 27 heavy (non-hydrogen) atoms. The van der Waals surface area contributed by atoms with Crippen molar-refractivity contribution in [2.24, 2.45) is 0 Å². The van der Waals surface area contributed by atoms with Crippen molar-refractivity contribution in [1.82, 2.24) is 30.0 Å². The van der Waals surface area contributed by atoms with Crippen LogP contribution in [0.1, 0.15) is 42.8 Å². The predicted molar refractivity (Wildman–Crippen MR) is 104 cm³/mol. The molecule has 0 bridgehead atoms. The molecule has 2 aliphatic rings. The Labute approximate surface area is 161 Å². The molecular weight excluding hydrogens is 340 g/mol. The second-order valence-electron chi connectivity index (χ2n) is 7.64. The first-order chi connectivity index (χ1) is 13.2. The normalized spacial score (nSPS) is 23.0. The minimum absolute atomic E-state index is 0.0843. The standard InChI is InChI=1S/C20H30N6O/c1-3-24-10-12-25(13-11-24)19(17-8-6-16(2)7-9-17)20-21-22-23-26(20)15-18-5-4-14-27-18/h6-9,18-19H,3-5,10-15H2,1-2H3/t18-,19-/m1/s1. The monoisotopic (exact) mass is 370 g/mol. The van der Waals surface area contributed by atoms with Crippen molar-refractivity contribution in [1.29, 1.82) is 0 Å². The van der Waals surface area contributed by atoms with E-state index in [2.05, 4.69) is 63.4 Å². The van der Waals surface area contributed by atoms with E-state index in [1.54, 1.807) is 0 Å². The van der Waals surface area contributed by atoms with Crippen molar-refractivity contribution < 1.29 is 4.74 Å². The van der Waals surface area contributed by atoms with Crippen molar-refractivity contribution in [2.45, 2.75) is 45.4 Å². The molecule has 3 heterocycles. The average molecular weight is 371 g/mol. The van der Waals surface area contributed by atoms with Crippen LogP contribution in [0.15, 0.2) is 24.3 Å². The maximum atomic E-state index is 5.82. The van der Waals surface area contributed by atoms with Gasteiger partial charge in [0.05, 0.1) is 18.7 Å². The Bertz CT molecular complexity index is 716. The lowest BCUT2D eigenvalue weighted by atomic mass is 10.0. The molecule has 2 saturated heterocycles. The van der Waals surface area contributed by atoms with Gasteiger partial charge < -0.3 is 9.64 Å². The highest BCUT2D eigenvalue weighted by Crippen LogP contribution is 2.29. The Morgan fingerprint density at radius 1 is 1.15 bits per heavy atom. The molecule has 146 valence electrons. The minimum atomic E-state index is 0.0843. The van der Waals surface area contributed by atoms with E-state index in [9.17, 15) is 0 Å². The Morgan fingerprint density at radius 3 is 2.59 bits per heavy atom. The quantitative estimate of drug-likeness (QED) is 0.774. The van der Waals surface area contributed by atoms with Gasteiger partial charge in [-0.25, -0.2) is 4.68 Å². The second-order valence-corrected chi connectivity index (χ2v) is 7.64. The number of benzene rings is 1. The molecule has 0 spiro atoms. The van der Waals surface area contributed by atoms with Gasteiger partial charge in [-0.15, -0.1) is 5.10 Å². The molecule has 0 radical (unpaired) electrons. The van der Waals surface area contributed by atoms with E-state index in [1.807, 2.05) is 4.68 Å².